The summed E-state index contributed by atoms with van der Waals surface area (Å²) in [6.45, 7) is 3.21. The summed E-state index contributed by atoms with van der Waals surface area (Å²) in [7, 11) is 1.98. The molecule has 0 fully saturated rings. The molecule has 0 heterocycles. The number of hydrogen-bond donors (Lipinski definition) is 1. The third-order valence-electron chi connectivity index (χ3n) is 2.47. The second-order valence-electron chi connectivity index (χ2n) is 3.80. The van der Waals surface area contributed by atoms with Crippen LogP contribution in [0.15, 0.2) is 24.3 Å². The Labute approximate surface area is 87.5 Å². The van der Waals surface area contributed by atoms with Gasteiger partial charge in [0.1, 0.15) is 0 Å². The quantitative estimate of drug-likeness (QED) is 0.681. The summed E-state index contributed by atoms with van der Waals surface area (Å²) in [5.74, 6) is 0. The zero-order valence-corrected chi connectivity index (χ0v) is 9.34. The summed E-state index contributed by atoms with van der Waals surface area (Å²) in [6, 6.07) is 8.94. The predicted octanol–water partition coefficient (Wildman–Crippen LogP) is 3.14. The molecular weight excluding hydrogens is 170 g/mol. The lowest BCUT2D eigenvalue weighted by Crippen LogP contribution is -2.04. The van der Waals surface area contributed by atoms with Crippen molar-refractivity contribution in [3.05, 3.63) is 35.4 Å². The molecule has 14 heavy (non-hydrogen) atoms. The molecule has 0 atom stereocenters. The summed E-state index contributed by atoms with van der Waals surface area (Å²) in [6.07, 6.45) is 5.20. The van der Waals surface area contributed by atoms with Crippen molar-refractivity contribution in [3.8, 4) is 0 Å². The minimum absolute atomic E-state index is 0.967. The molecule has 0 aliphatic rings. The molecule has 0 saturated heterocycles. The number of rotatable bonds is 6. The van der Waals surface area contributed by atoms with Crippen LogP contribution in [0.3, 0.4) is 0 Å². The van der Waals surface area contributed by atoms with Gasteiger partial charge < -0.3 is 5.32 Å². The van der Waals surface area contributed by atoms with Gasteiger partial charge in [-0.2, -0.15) is 0 Å². The first-order chi connectivity index (χ1) is 6.86. The smallest absolute Gasteiger partial charge is 0.0202 e. The number of unbranched alkanes of at least 4 members (excludes halogenated alkanes) is 2. The summed E-state index contributed by atoms with van der Waals surface area (Å²) < 4.78 is 0. The van der Waals surface area contributed by atoms with Crippen molar-refractivity contribution >= 4 is 0 Å². The number of nitrogens with one attached hydrogen (secondary N) is 1. The van der Waals surface area contributed by atoms with Crippen molar-refractivity contribution in [2.75, 3.05) is 7.05 Å². The molecule has 0 spiro atoms. The topological polar surface area (TPSA) is 12.0 Å². The molecule has 1 heteroatoms. The van der Waals surface area contributed by atoms with Crippen LogP contribution in [0.2, 0.25) is 0 Å². The fourth-order valence-electron chi connectivity index (χ4n) is 1.61. The van der Waals surface area contributed by atoms with Crippen molar-refractivity contribution < 1.29 is 0 Å². The van der Waals surface area contributed by atoms with Crippen molar-refractivity contribution in [3.63, 3.8) is 0 Å². The van der Waals surface area contributed by atoms with E-state index < -0.39 is 0 Å². The van der Waals surface area contributed by atoms with E-state index in [-0.39, 0.29) is 0 Å². The van der Waals surface area contributed by atoms with Crippen molar-refractivity contribution in [1.29, 1.82) is 0 Å². The van der Waals surface area contributed by atoms with Crippen molar-refractivity contribution in [1.82, 2.24) is 5.32 Å². The first-order valence-electron chi connectivity index (χ1n) is 5.59. The van der Waals surface area contributed by atoms with Gasteiger partial charge in [-0.05, 0) is 31.0 Å². The second kappa shape index (κ2) is 6.61. The third kappa shape index (κ3) is 3.93. The predicted molar refractivity (Wildman–Crippen MR) is 62.4 cm³/mol. The average molecular weight is 191 g/mol. The summed E-state index contributed by atoms with van der Waals surface area (Å²) in [4.78, 5) is 0. The Balaban J connectivity index is 2.38. The Bertz CT molecular complexity index is 238. The minimum Gasteiger partial charge on any atom is -0.316 e. The second-order valence-corrected chi connectivity index (χ2v) is 3.80. The monoisotopic (exact) mass is 191 g/mol. The van der Waals surface area contributed by atoms with Crippen molar-refractivity contribution in [2.24, 2.45) is 0 Å². The molecule has 78 valence electrons. The van der Waals surface area contributed by atoms with Gasteiger partial charge in [-0.3, -0.25) is 0 Å². The van der Waals surface area contributed by atoms with Crippen LogP contribution >= 0.6 is 0 Å². The molecular formula is C13H21N. The summed E-state index contributed by atoms with van der Waals surface area (Å²) in [5.41, 5.74) is 2.84. The molecule has 1 nitrogen and oxygen atoms in total. The van der Waals surface area contributed by atoms with E-state index in [0.29, 0.717) is 0 Å². The minimum atomic E-state index is 0.967. The normalized spacial score (nSPS) is 10.4. The van der Waals surface area contributed by atoms with Gasteiger partial charge in [-0.25, -0.2) is 0 Å². The molecule has 1 aromatic rings. The highest BCUT2D eigenvalue weighted by Crippen LogP contribution is 2.08. The maximum absolute atomic E-state index is 3.16. The van der Waals surface area contributed by atoms with Gasteiger partial charge in [0.05, 0.1) is 0 Å². The highest BCUT2D eigenvalue weighted by atomic mass is 14.8. The SMILES string of the molecule is CCCCCc1ccc(CNC)cc1. The maximum Gasteiger partial charge on any atom is 0.0202 e. The fraction of sp³-hybridized carbons (Fsp3) is 0.538. The van der Waals surface area contributed by atoms with Gasteiger partial charge >= 0.3 is 0 Å². The molecule has 1 rings (SSSR count). The van der Waals surface area contributed by atoms with Gasteiger partial charge in [0.15, 0.2) is 0 Å². The van der Waals surface area contributed by atoms with Crippen LogP contribution in [-0.2, 0) is 13.0 Å². The van der Waals surface area contributed by atoms with E-state index in [2.05, 4.69) is 36.5 Å². The molecule has 0 radical (unpaired) electrons. The highest BCUT2D eigenvalue weighted by Gasteiger charge is 1.94. The van der Waals surface area contributed by atoms with Gasteiger partial charge in [-0.1, -0.05) is 44.0 Å². The molecule has 1 N–H and O–H groups in total. The van der Waals surface area contributed by atoms with Crippen LogP contribution in [0, 0.1) is 0 Å². The lowest BCUT2D eigenvalue weighted by atomic mass is 10.1. The van der Waals surface area contributed by atoms with Gasteiger partial charge in [-0.15, -0.1) is 0 Å². The average Bonchev–Trinajstić information content (AvgIpc) is 2.21. The van der Waals surface area contributed by atoms with Gasteiger partial charge in [0, 0.05) is 6.54 Å². The van der Waals surface area contributed by atoms with Crippen LogP contribution in [-0.4, -0.2) is 7.05 Å². The third-order valence-corrected chi connectivity index (χ3v) is 2.47. The Kier molecular flexibility index (Phi) is 5.31. The van der Waals surface area contributed by atoms with Crippen LogP contribution in [0.5, 0.6) is 0 Å². The Morgan fingerprint density at radius 2 is 1.64 bits per heavy atom. The molecule has 0 aliphatic carbocycles. The largest absolute Gasteiger partial charge is 0.316 e. The Hall–Kier alpha value is -0.820. The van der Waals surface area contributed by atoms with E-state index in [0.717, 1.165) is 6.54 Å². The summed E-state index contributed by atoms with van der Waals surface area (Å²) in [5, 5.41) is 3.16. The van der Waals surface area contributed by atoms with E-state index in [1.165, 1.54) is 36.8 Å². The van der Waals surface area contributed by atoms with E-state index >= 15 is 0 Å². The van der Waals surface area contributed by atoms with Crippen molar-refractivity contribution in [2.45, 2.75) is 39.2 Å². The molecule has 0 unspecified atom stereocenters. The van der Waals surface area contributed by atoms with E-state index in [4.69, 9.17) is 0 Å². The van der Waals surface area contributed by atoms with E-state index in [1.807, 2.05) is 7.05 Å². The lowest BCUT2D eigenvalue weighted by Gasteiger charge is -2.03. The van der Waals surface area contributed by atoms with Crippen LogP contribution in [0.1, 0.15) is 37.3 Å². The number of benzene rings is 1. The zero-order chi connectivity index (χ0) is 10.2. The van der Waals surface area contributed by atoms with Crippen LogP contribution in [0.4, 0.5) is 0 Å². The molecule has 0 aliphatic heterocycles. The molecule has 0 amide bonds. The Morgan fingerprint density at radius 3 is 2.21 bits per heavy atom. The first-order valence-corrected chi connectivity index (χ1v) is 5.59. The molecule has 1 aromatic carbocycles. The number of aryl methyl sites for hydroxylation is 1. The molecule has 0 saturated carbocycles. The fourth-order valence-corrected chi connectivity index (χ4v) is 1.61. The van der Waals surface area contributed by atoms with Crippen LogP contribution in [0.25, 0.3) is 0 Å². The molecule has 0 bridgehead atoms. The van der Waals surface area contributed by atoms with E-state index in [9.17, 15) is 0 Å². The van der Waals surface area contributed by atoms with Gasteiger partial charge in [0.2, 0.25) is 0 Å². The lowest BCUT2D eigenvalue weighted by molar-refractivity contribution is 0.717. The molecule has 0 aromatic heterocycles. The van der Waals surface area contributed by atoms with E-state index in [1.54, 1.807) is 0 Å². The maximum atomic E-state index is 3.16. The van der Waals surface area contributed by atoms with Crippen LogP contribution < -0.4 is 5.32 Å². The van der Waals surface area contributed by atoms with Gasteiger partial charge in [0.25, 0.3) is 0 Å². The summed E-state index contributed by atoms with van der Waals surface area (Å²) >= 11 is 0. The Morgan fingerprint density at radius 1 is 1.00 bits per heavy atom. The first kappa shape index (κ1) is 11.3. The zero-order valence-electron chi connectivity index (χ0n) is 9.34. The number of hydrogen-bond acceptors (Lipinski definition) is 1. The highest BCUT2D eigenvalue weighted by molar-refractivity contribution is 5.22. The standard InChI is InChI=1S/C13H21N/c1-3-4-5-6-12-7-9-13(10-8-12)11-14-2/h7-10,14H,3-6,11H2,1-2H3.